The fourth-order valence-corrected chi connectivity index (χ4v) is 4.06. The van der Waals surface area contributed by atoms with E-state index in [-0.39, 0.29) is 11.9 Å². The predicted molar refractivity (Wildman–Crippen MR) is 92.5 cm³/mol. The zero-order valence-corrected chi connectivity index (χ0v) is 13.5. The summed E-state index contributed by atoms with van der Waals surface area (Å²) in [7, 11) is 0. The van der Waals surface area contributed by atoms with Crippen LogP contribution < -0.4 is 0 Å². The number of amides is 1. The van der Waals surface area contributed by atoms with Crippen LogP contribution in [-0.4, -0.2) is 17.4 Å². The van der Waals surface area contributed by atoms with Crippen molar-refractivity contribution >= 4 is 5.91 Å². The van der Waals surface area contributed by atoms with E-state index < -0.39 is 0 Å². The van der Waals surface area contributed by atoms with Crippen LogP contribution in [0, 0.1) is 0 Å². The molecule has 2 aromatic rings. The molecular weight excluding hydrogens is 282 g/mol. The van der Waals surface area contributed by atoms with Crippen LogP contribution in [0.1, 0.15) is 58.8 Å². The van der Waals surface area contributed by atoms with Gasteiger partial charge in [0.25, 0.3) is 5.91 Å². The fraction of sp³-hybridized carbons (Fsp3) is 0.381. The molecule has 0 radical (unpaired) electrons. The lowest BCUT2D eigenvalue weighted by Gasteiger charge is -2.26. The molecule has 2 aliphatic rings. The van der Waals surface area contributed by atoms with Crippen molar-refractivity contribution in [2.45, 2.75) is 44.6 Å². The molecule has 0 bridgehead atoms. The minimum absolute atomic E-state index is 0.199. The maximum atomic E-state index is 13.0. The third kappa shape index (κ3) is 2.78. The first-order chi connectivity index (χ1) is 11.3. The first-order valence-electron chi connectivity index (χ1n) is 8.80. The Morgan fingerprint density at radius 3 is 2.52 bits per heavy atom. The third-order valence-electron chi connectivity index (χ3n) is 5.29. The van der Waals surface area contributed by atoms with Gasteiger partial charge in [-0.3, -0.25) is 4.79 Å². The second-order valence-electron chi connectivity index (χ2n) is 6.76. The summed E-state index contributed by atoms with van der Waals surface area (Å²) in [6.45, 7) is 0.871. The van der Waals surface area contributed by atoms with E-state index in [0.717, 1.165) is 31.4 Å². The van der Waals surface area contributed by atoms with Gasteiger partial charge in [-0.1, -0.05) is 36.4 Å². The highest BCUT2D eigenvalue weighted by molar-refractivity contribution is 5.95. The van der Waals surface area contributed by atoms with E-state index in [1.54, 1.807) is 0 Å². The molecule has 0 spiro atoms. The Kier molecular flexibility index (Phi) is 3.90. The van der Waals surface area contributed by atoms with Gasteiger partial charge in [-0.25, -0.2) is 0 Å². The molecule has 1 unspecified atom stereocenters. The Balaban J connectivity index is 1.61. The highest BCUT2D eigenvalue weighted by Crippen LogP contribution is 2.33. The lowest BCUT2D eigenvalue weighted by Crippen LogP contribution is -2.30. The van der Waals surface area contributed by atoms with Gasteiger partial charge in [0.05, 0.1) is 6.04 Å². The van der Waals surface area contributed by atoms with E-state index in [1.165, 1.54) is 36.0 Å². The van der Waals surface area contributed by atoms with Crippen molar-refractivity contribution in [3.05, 3.63) is 70.8 Å². The van der Waals surface area contributed by atoms with Crippen LogP contribution >= 0.6 is 0 Å². The lowest BCUT2D eigenvalue weighted by molar-refractivity contribution is 0.0735. The Morgan fingerprint density at radius 2 is 1.70 bits per heavy atom. The molecule has 0 N–H and O–H groups in total. The summed E-state index contributed by atoms with van der Waals surface area (Å²) < 4.78 is 0. The average Bonchev–Trinajstić information content (AvgIpc) is 3.11. The molecule has 1 heterocycles. The number of benzene rings is 2. The first kappa shape index (κ1) is 14.5. The van der Waals surface area contributed by atoms with Crippen molar-refractivity contribution < 1.29 is 4.79 Å². The molecule has 1 saturated heterocycles. The number of carbonyl (C=O) groups excluding carboxylic acids is 1. The normalized spacial score (nSPS) is 20.3. The van der Waals surface area contributed by atoms with E-state index in [0.29, 0.717) is 0 Å². The molecule has 0 aromatic heterocycles. The summed E-state index contributed by atoms with van der Waals surface area (Å²) in [4.78, 5) is 15.1. The van der Waals surface area contributed by atoms with E-state index in [2.05, 4.69) is 41.3 Å². The largest absolute Gasteiger partial charge is 0.332 e. The predicted octanol–water partition coefficient (Wildman–Crippen LogP) is 4.54. The fourth-order valence-electron chi connectivity index (χ4n) is 4.06. The van der Waals surface area contributed by atoms with Gasteiger partial charge in [0.1, 0.15) is 0 Å². The topological polar surface area (TPSA) is 20.3 Å². The number of likely N-dealkylation sites (tertiary alicyclic amines) is 1. The van der Waals surface area contributed by atoms with E-state index in [4.69, 9.17) is 0 Å². The van der Waals surface area contributed by atoms with E-state index in [9.17, 15) is 4.79 Å². The van der Waals surface area contributed by atoms with Crippen LogP contribution in [0.2, 0.25) is 0 Å². The summed E-state index contributed by atoms with van der Waals surface area (Å²) in [6, 6.07) is 17.0. The van der Waals surface area contributed by atoms with Crippen molar-refractivity contribution in [2.24, 2.45) is 0 Å². The number of carbonyl (C=O) groups is 1. The molecule has 2 nitrogen and oxygen atoms in total. The number of hydrogen-bond donors (Lipinski definition) is 0. The second kappa shape index (κ2) is 6.19. The smallest absolute Gasteiger partial charge is 0.254 e. The molecule has 118 valence electrons. The number of aryl methyl sites for hydroxylation is 2. The van der Waals surface area contributed by atoms with Crippen LogP contribution in [0.4, 0.5) is 0 Å². The minimum atomic E-state index is 0.199. The van der Waals surface area contributed by atoms with Gasteiger partial charge in [-0.2, -0.15) is 0 Å². The Morgan fingerprint density at radius 1 is 0.913 bits per heavy atom. The van der Waals surface area contributed by atoms with Crippen LogP contribution in [0.3, 0.4) is 0 Å². The average molecular weight is 305 g/mol. The van der Waals surface area contributed by atoms with Crippen LogP contribution in [0.25, 0.3) is 0 Å². The van der Waals surface area contributed by atoms with Gasteiger partial charge >= 0.3 is 0 Å². The number of fused-ring (bicyclic) bond motifs is 1. The maximum absolute atomic E-state index is 13.0. The summed E-state index contributed by atoms with van der Waals surface area (Å²) in [6.07, 6.45) is 6.99. The zero-order valence-electron chi connectivity index (χ0n) is 13.5. The molecule has 0 saturated carbocycles. The van der Waals surface area contributed by atoms with Gasteiger partial charge < -0.3 is 4.90 Å². The lowest BCUT2D eigenvalue weighted by atomic mass is 9.90. The molecule has 23 heavy (non-hydrogen) atoms. The summed E-state index contributed by atoms with van der Waals surface area (Å²) >= 11 is 0. The van der Waals surface area contributed by atoms with Gasteiger partial charge in [0.15, 0.2) is 0 Å². The molecule has 4 rings (SSSR count). The number of hydrogen-bond acceptors (Lipinski definition) is 1. The van der Waals surface area contributed by atoms with Crippen LogP contribution in [-0.2, 0) is 12.8 Å². The van der Waals surface area contributed by atoms with Gasteiger partial charge in [0, 0.05) is 12.1 Å². The van der Waals surface area contributed by atoms with Crippen molar-refractivity contribution in [3.63, 3.8) is 0 Å². The van der Waals surface area contributed by atoms with Crippen molar-refractivity contribution in [1.82, 2.24) is 4.90 Å². The number of nitrogens with zero attached hydrogens (tertiary/aromatic N) is 1. The molecule has 1 aliphatic heterocycles. The van der Waals surface area contributed by atoms with Gasteiger partial charge in [0.2, 0.25) is 0 Å². The zero-order chi connectivity index (χ0) is 15.6. The quantitative estimate of drug-likeness (QED) is 0.797. The standard InChI is InChI=1S/C21H23NO/c23-21(19-13-12-16-7-4-5-10-18(16)15-19)22-14-6-11-20(22)17-8-2-1-3-9-17/h1-3,8-9,12-13,15,20H,4-7,10-11,14H2. The first-order valence-corrected chi connectivity index (χ1v) is 8.80. The van der Waals surface area contributed by atoms with E-state index in [1.807, 2.05) is 12.1 Å². The molecule has 1 aliphatic carbocycles. The highest BCUT2D eigenvalue weighted by Gasteiger charge is 2.30. The Hall–Kier alpha value is -2.09. The summed E-state index contributed by atoms with van der Waals surface area (Å²) in [5, 5.41) is 0. The third-order valence-corrected chi connectivity index (χ3v) is 5.29. The minimum Gasteiger partial charge on any atom is -0.332 e. The number of rotatable bonds is 2. The maximum Gasteiger partial charge on any atom is 0.254 e. The molecular formula is C21H23NO. The Bertz CT molecular complexity index is 707. The summed E-state index contributed by atoms with van der Waals surface area (Å²) in [5.41, 5.74) is 4.95. The molecule has 1 amide bonds. The van der Waals surface area contributed by atoms with Crippen molar-refractivity contribution in [3.8, 4) is 0 Å². The molecule has 2 heteroatoms. The molecule has 1 atom stereocenters. The summed E-state index contributed by atoms with van der Waals surface area (Å²) in [5.74, 6) is 0.199. The molecule has 2 aromatic carbocycles. The van der Waals surface area contributed by atoms with Crippen molar-refractivity contribution in [1.29, 1.82) is 0 Å². The van der Waals surface area contributed by atoms with E-state index >= 15 is 0 Å². The monoisotopic (exact) mass is 305 g/mol. The van der Waals surface area contributed by atoms with Gasteiger partial charge in [-0.05, 0) is 67.3 Å². The van der Waals surface area contributed by atoms with Crippen LogP contribution in [0.5, 0.6) is 0 Å². The van der Waals surface area contributed by atoms with Crippen LogP contribution in [0.15, 0.2) is 48.5 Å². The van der Waals surface area contributed by atoms with Gasteiger partial charge in [-0.15, -0.1) is 0 Å². The highest BCUT2D eigenvalue weighted by atomic mass is 16.2. The second-order valence-corrected chi connectivity index (χ2v) is 6.76. The molecule has 1 fully saturated rings. The van der Waals surface area contributed by atoms with Crippen molar-refractivity contribution in [2.75, 3.05) is 6.54 Å². The Labute approximate surface area is 138 Å². The SMILES string of the molecule is O=C(c1ccc2c(c1)CCCC2)N1CCCC1c1ccccc1.